The van der Waals surface area contributed by atoms with Crippen molar-refractivity contribution in [3.8, 4) is 0 Å². The number of hydrogen-bond donors (Lipinski definition) is 2. The van der Waals surface area contributed by atoms with E-state index in [4.69, 9.17) is 0 Å². The second kappa shape index (κ2) is 18.8. The van der Waals surface area contributed by atoms with Crippen molar-refractivity contribution in [3.05, 3.63) is 149 Å². The van der Waals surface area contributed by atoms with Gasteiger partial charge in [0.25, 0.3) is 0 Å². The molecule has 2 N–H and O–H groups in total. The summed E-state index contributed by atoms with van der Waals surface area (Å²) in [6.07, 6.45) is 0. The van der Waals surface area contributed by atoms with Crippen molar-refractivity contribution in [2.45, 2.75) is 290 Å². The van der Waals surface area contributed by atoms with Gasteiger partial charge in [-0.1, -0.05) is 278 Å². The van der Waals surface area contributed by atoms with Crippen molar-refractivity contribution < 1.29 is 10.2 Å². The number of hydrogen-bond acceptors (Lipinski definition) is 2. The molecule has 2 nitrogen and oxygen atoms in total. The molecule has 4 aromatic rings. The third-order valence-corrected chi connectivity index (χ3v) is 17.0. The lowest BCUT2D eigenvalue weighted by Gasteiger charge is -2.60. The van der Waals surface area contributed by atoms with Crippen molar-refractivity contribution >= 4 is 11.1 Å². The molecule has 2 atom stereocenters. The molecule has 1 aliphatic rings. The second-order valence-electron chi connectivity index (χ2n) is 34.4. The Hall–Kier alpha value is -4.04. The molecule has 420 valence electrons. The molecule has 0 saturated carbocycles. The molecule has 0 saturated heterocycles. The number of allylic oxidation sites excluding steroid dienone is 2. The topological polar surface area (TPSA) is 40.5 Å². The molecule has 0 aliphatic heterocycles. The first-order valence-corrected chi connectivity index (χ1v) is 29.1. The van der Waals surface area contributed by atoms with Gasteiger partial charge in [-0.2, -0.15) is 0 Å². The maximum Gasteiger partial charge on any atom is 0.113 e. The van der Waals surface area contributed by atoms with Crippen LogP contribution in [0.25, 0.3) is 11.1 Å². The van der Waals surface area contributed by atoms with Crippen molar-refractivity contribution in [1.82, 2.24) is 0 Å². The van der Waals surface area contributed by atoms with Gasteiger partial charge in [0, 0.05) is 11.1 Å². The highest BCUT2D eigenvalue weighted by molar-refractivity contribution is 6.00. The van der Waals surface area contributed by atoms with Crippen molar-refractivity contribution in [3.63, 3.8) is 0 Å². The van der Waals surface area contributed by atoms with Crippen LogP contribution < -0.4 is 0 Å². The zero-order valence-electron chi connectivity index (χ0n) is 55.5. The van der Waals surface area contributed by atoms with E-state index in [-0.39, 0.29) is 43.3 Å². The van der Waals surface area contributed by atoms with Gasteiger partial charge in [-0.3, -0.25) is 0 Å². The third-order valence-electron chi connectivity index (χ3n) is 17.0. The van der Waals surface area contributed by atoms with Gasteiger partial charge < -0.3 is 10.2 Å². The predicted octanol–water partition coefficient (Wildman–Crippen LogP) is 21.5. The van der Waals surface area contributed by atoms with Gasteiger partial charge in [0.05, 0.1) is 10.8 Å². The van der Waals surface area contributed by atoms with E-state index in [2.05, 4.69) is 284 Å². The summed E-state index contributed by atoms with van der Waals surface area (Å²) in [5.41, 5.74) is 12.7. The van der Waals surface area contributed by atoms with E-state index in [1.165, 1.54) is 66.8 Å². The Morgan fingerprint density at radius 1 is 0.250 bits per heavy atom. The summed E-state index contributed by atoms with van der Waals surface area (Å²) in [5.74, 6) is 0.672. The SMILES string of the molecule is Cc1cc(C(C)(C)C)c(C2=C(O)C(c3c(C(C)(C)C)cc(C)cc3C(C)(C)C)(C(C)(C)C)C(c3c(C(C)(C)C)cc(C)cc3C(C)(C)C)=C(O)C2(c2c(C(C)(C)C)cc(C)cc2C(C)(C)C)C(C)(C)C)c(C(C)(C)C)c1. The molecule has 2 unspecified atom stereocenters. The Labute approximate surface area is 468 Å². The molecule has 0 bridgehead atoms. The molecule has 5 rings (SSSR count). The van der Waals surface area contributed by atoms with Gasteiger partial charge in [0.2, 0.25) is 0 Å². The molecule has 0 fully saturated rings. The molecule has 0 radical (unpaired) electrons. The Balaban J connectivity index is 2.70. The van der Waals surface area contributed by atoms with Crippen LogP contribution in [0.15, 0.2) is 60.0 Å². The van der Waals surface area contributed by atoms with E-state index >= 15 is 10.2 Å². The summed E-state index contributed by atoms with van der Waals surface area (Å²) in [5, 5.41) is 32.3. The fourth-order valence-electron chi connectivity index (χ4n) is 13.5. The summed E-state index contributed by atoms with van der Waals surface area (Å²) in [6.45, 7) is 79.4. The highest BCUT2D eigenvalue weighted by Crippen LogP contribution is 2.72. The number of aryl methyl sites for hydroxylation is 4. The van der Waals surface area contributed by atoms with Crippen LogP contribution in [0.1, 0.15) is 297 Å². The van der Waals surface area contributed by atoms with Crippen LogP contribution in [-0.4, -0.2) is 10.2 Å². The number of aliphatic hydroxyl groups is 2. The van der Waals surface area contributed by atoms with Crippen LogP contribution in [0.4, 0.5) is 0 Å². The Morgan fingerprint density at radius 3 is 0.526 bits per heavy atom. The van der Waals surface area contributed by atoms with Gasteiger partial charge in [0.15, 0.2) is 0 Å². The maximum atomic E-state index is 16.1. The average molecular weight is 1030 g/mol. The molecule has 0 amide bonds. The Morgan fingerprint density at radius 2 is 0.395 bits per heavy atom. The van der Waals surface area contributed by atoms with Gasteiger partial charge in [-0.25, -0.2) is 0 Å². The molecule has 0 heterocycles. The smallest absolute Gasteiger partial charge is 0.113 e. The quantitative estimate of drug-likeness (QED) is 0.214. The number of benzene rings is 4. The molecule has 4 aromatic carbocycles. The number of aliphatic hydroxyl groups excluding tert-OH is 2. The lowest BCUT2D eigenvalue weighted by atomic mass is 9.42. The first-order valence-electron chi connectivity index (χ1n) is 29.1. The molecule has 76 heavy (non-hydrogen) atoms. The summed E-state index contributed by atoms with van der Waals surface area (Å²) in [6, 6.07) is 19.3. The molecule has 2 heteroatoms. The van der Waals surface area contributed by atoms with Crippen LogP contribution in [-0.2, 0) is 54.1 Å². The Bertz CT molecular complexity index is 2630. The zero-order valence-corrected chi connectivity index (χ0v) is 55.5. The first-order chi connectivity index (χ1) is 33.5. The molecular formula is C74H112O2. The summed E-state index contributed by atoms with van der Waals surface area (Å²) >= 11 is 0. The van der Waals surface area contributed by atoms with Crippen molar-refractivity contribution in [1.29, 1.82) is 0 Å². The number of rotatable bonds is 4. The fraction of sp³-hybridized carbons (Fsp3) is 0.622. The lowest BCUT2D eigenvalue weighted by molar-refractivity contribution is 0.152. The first kappa shape index (κ1) is 62.8. The molecule has 1 aliphatic carbocycles. The van der Waals surface area contributed by atoms with E-state index in [1.807, 2.05) is 0 Å². The minimum atomic E-state index is -1.38. The fourth-order valence-corrected chi connectivity index (χ4v) is 13.5. The molecular weight excluding hydrogens is 921 g/mol. The normalized spacial score (nSPS) is 19.3. The standard InChI is InChI=1S/C74H112O2/c1-43-35-47(63(5,6)7)55(48(36-43)64(8,9)10)59-61(75)74(72(32,33)34,58-53(69(23,24)25)41-46(4)42-54(58)70(26,27)28)60(56-49(65(11,12)13)37-44(2)38-50(56)66(14,15)16)62(76)73(59,71(29,30)31)57-51(67(17,18)19)39-45(3)40-52(57)68(20,21)22/h35-42,75-76H,1-34H3. The van der Waals surface area contributed by atoms with Crippen LogP contribution in [0.5, 0.6) is 0 Å². The van der Waals surface area contributed by atoms with E-state index < -0.39 is 21.7 Å². The minimum Gasteiger partial charge on any atom is -0.511 e. The Kier molecular flexibility index (Phi) is 15.5. The lowest BCUT2D eigenvalue weighted by Crippen LogP contribution is -2.57. The largest absolute Gasteiger partial charge is 0.511 e. The highest BCUT2D eigenvalue weighted by atomic mass is 16.3. The van der Waals surface area contributed by atoms with Crippen LogP contribution in [0.3, 0.4) is 0 Å². The molecule has 0 aromatic heterocycles. The monoisotopic (exact) mass is 1030 g/mol. The zero-order chi connectivity index (χ0) is 59.2. The average Bonchev–Trinajstić information content (AvgIpc) is 3.17. The summed E-state index contributed by atoms with van der Waals surface area (Å²) in [7, 11) is 0. The maximum absolute atomic E-state index is 16.1. The van der Waals surface area contributed by atoms with Crippen LogP contribution in [0.2, 0.25) is 0 Å². The third kappa shape index (κ3) is 10.5. The van der Waals surface area contributed by atoms with Gasteiger partial charge in [-0.15, -0.1) is 0 Å². The second-order valence-corrected chi connectivity index (χ2v) is 34.4. The van der Waals surface area contributed by atoms with Gasteiger partial charge in [-0.05, 0) is 149 Å². The van der Waals surface area contributed by atoms with E-state index in [0.717, 1.165) is 33.4 Å². The van der Waals surface area contributed by atoms with Crippen LogP contribution >= 0.6 is 0 Å². The van der Waals surface area contributed by atoms with E-state index in [0.29, 0.717) is 11.5 Å². The van der Waals surface area contributed by atoms with E-state index in [1.54, 1.807) is 0 Å². The van der Waals surface area contributed by atoms with Gasteiger partial charge in [0.1, 0.15) is 11.5 Å². The minimum absolute atomic E-state index is 0.336. The molecule has 0 spiro atoms. The highest BCUT2D eigenvalue weighted by Gasteiger charge is 2.67. The summed E-state index contributed by atoms with van der Waals surface area (Å²) < 4.78 is 0. The van der Waals surface area contributed by atoms with Crippen LogP contribution in [0, 0.1) is 38.5 Å². The predicted molar refractivity (Wildman–Crippen MR) is 336 cm³/mol. The van der Waals surface area contributed by atoms with Crippen molar-refractivity contribution in [2.75, 3.05) is 0 Å². The van der Waals surface area contributed by atoms with E-state index in [9.17, 15) is 0 Å². The summed E-state index contributed by atoms with van der Waals surface area (Å²) in [4.78, 5) is 0. The van der Waals surface area contributed by atoms with Crippen molar-refractivity contribution in [2.24, 2.45) is 10.8 Å². The van der Waals surface area contributed by atoms with Gasteiger partial charge >= 0.3 is 0 Å².